The Morgan fingerprint density at radius 3 is 1.59 bits per heavy atom. The summed E-state index contributed by atoms with van der Waals surface area (Å²) >= 11 is 0. The van der Waals surface area contributed by atoms with Gasteiger partial charge in [0.1, 0.15) is 24.7 Å². The number of benzene rings is 2. The van der Waals surface area contributed by atoms with Crippen LogP contribution in [0.1, 0.15) is 46.0 Å². The van der Waals surface area contributed by atoms with Crippen LogP contribution in [0.25, 0.3) is 0 Å². The minimum atomic E-state index is -0.523. The Hall–Kier alpha value is -3.36. The molecule has 0 saturated heterocycles. The molecule has 2 aromatic rings. The van der Waals surface area contributed by atoms with Gasteiger partial charge >= 0.3 is 11.9 Å². The second kappa shape index (κ2) is 18.1. The average molecular weight is 569 g/mol. The fraction of sp³-hybridized carbons (Fsp3) is 0.515. The van der Waals surface area contributed by atoms with Gasteiger partial charge in [-0.25, -0.2) is 4.79 Å². The molecule has 0 spiro atoms. The van der Waals surface area contributed by atoms with Crippen molar-refractivity contribution < 1.29 is 38.0 Å². The van der Waals surface area contributed by atoms with Gasteiger partial charge in [0.25, 0.3) is 0 Å². The molecule has 1 aliphatic rings. The van der Waals surface area contributed by atoms with Crippen molar-refractivity contribution in [3.63, 3.8) is 0 Å². The fourth-order valence-electron chi connectivity index (χ4n) is 4.46. The van der Waals surface area contributed by atoms with Gasteiger partial charge in [0.05, 0.1) is 13.2 Å². The van der Waals surface area contributed by atoms with E-state index in [0.717, 1.165) is 31.4 Å². The van der Waals surface area contributed by atoms with Crippen LogP contribution in [0, 0.1) is 11.8 Å². The van der Waals surface area contributed by atoms with Gasteiger partial charge in [-0.15, -0.1) is 0 Å². The van der Waals surface area contributed by atoms with Crippen molar-refractivity contribution in [1.29, 1.82) is 0 Å². The van der Waals surface area contributed by atoms with E-state index in [1.165, 1.54) is 0 Å². The first kappa shape index (κ1) is 32.2. The molecule has 41 heavy (non-hydrogen) atoms. The predicted molar refractivity (Wildman–Crippen MR) is 156 cm³/mol. The zero-order valence-electron chi connectivity index (χ0n) is 24.3. The number of rotatable bonds is 18. The highest BCUT2D eigenvalue weighted by Gasteiger charge is 2.24. The number of hydrogen-bond donors (Lipinski definition) is 0. The first-order valence-corrected chi connectivity index (χ1v) is 14.5. The van der Waals surface area contributed by atoms with Gasteiger partial charge < -0.3 is 28.4 Å². The fourth-order valence-corrected chi connectivity index (χ4v) is 4.46. The Kier molecular flexibility index (Phi) is 14.2. The normalized spacial score (nSPS) is 18.1. The molecule has 0 bridgehead atoms. The van der Waals surface area contributed by atoms with Crippen LogP contribution >= 0.6 is 0 Å². The summed E-state index contributed by atoms with van der Waals surface area (Å²) in [7, 11) is 0. The molecule has 2 atom stereocenters. The van der Waals surface area contributed by atoms with E-state index < -0.39 is 18.2 Å². The SMILES string of the molecule is C=C(C)C(=O)OC(COCC1CCC(COCC(COc2ccccc2)OC(=O)CC)CC1)COc1ccccc1. The lowest BCUT2D eigenvalue weighted by Crippen LogP contribution is -2.32. The second-order valence-corrected chi connectivity index (χ2v) is 10.5. The van der Waals surface area contributed by atoms with E-state index in [2.05, 4.69) is 6.58 Å². The Labute approximate surface area is 243 Å². The Morgan fingerprint density at radius 2 is 1.17 bits per heavy atom. The van der Waals surface area contributed by atoms with E-state index in [0.29, 0.717) is 49.4 Å². The zero-order valence-corrected chi connectivity index (χ0v) is 24.3. The van der Waals surface area contributed by atoms with Gasteiger partial charge in [0.15, 0.2) is 12.2 Å². The molecule has 3 rings (SSSR count). The van der Waals surface area contributed by atoms with Gasteiger partial charge in [-0.1, -0.05) is 49.9 Å². The quantitative estimate of drug-likeness (QED) is 0.165. The van der Waals surface area contributed by atoms with Crippen molar-refractivity contribution in [2.45, 2.75) is 58.2 Å². The molecule has 1 fully saturated rings. The van der Waals surface area contributed by atoms with Crippen molar-refractivity contribution >= 4 is 11.9 Å². The molecule has 0 heterocycles. The summed E-state index contributed by atoms with van der Waals surface area (Å²) in [6, 6.07) is 18.9. The Balaban J connectivity index is 1.35. The standard InChI is InChI=1S/C33H44O8/c1-4-32(34)40-30(23-38-28-11-7-5-8-12-28)21-36-19-26-15-17-27(18-16-26)20-37-22-31(41-33(35)25(2)3)24-39-29-13-9-6-10-14-29/h5-14,26-27,30-31H,2,4,15-24H2,1,3H3. The lowest BCUT2D eigenvalue weighted by atomic mass is 9.83. The Morgan fingerprint density at radius 1 is 0.732 bits per heavy atom. The minimum absolute atomic E-state index is 0.206. The third kappa shape index (κ3) is 12.8. The molecule has 0 aliphatic heterocycles. The molecule has 0 amide bonds. The van der Waals surface area contributed by atoms with Crippen LogP contribution < -0.4 is 9.47 Å². The first-order chi connectivity index (χ1) is 19.9. The van der Waals surface area contributed by atoms with Gasteiger partial charge in [-0.2, -0.15) is 0 Å². The predicted octanol–water partition coefficient (Wildman–Crippen LogP) is 5.79. The summed E-state index contributed by atoms with van der Waals surface area (Å²) in [5, 5.41) is 0. The van der Waals surface area contributed by atoms with Crippen LogP contribution in [0.2, 0.25) is 0 Å². The van der Waals surface area contributed by atoms with Gasteiger partial charge in [-0.3, -0.25) is 4.79 Å². The number of para-hydroxylation sites is 2. The maximum atomic E-state index is 12.1. The van der Waals surface area contributed by atoms with Crippen molar-refractivity contribution in [3.8, 4) is 11.5 Å². The molecule has 8 heteroatoms. The van der Waals surface area contributed by atoms with E-state index in [-0.39, 0.29) is 25.8 Å². The zero-order chi connectivity index (χ0) is 29.3. The average Bonchev–Trinajstić information content (AvgIpc) is 3.00. The van der Waals surface area contributed by atoms with Crippen LogP contribution in [0.5, 0.6) is 11.5 Å². The molecular weight excluding hydrogens is 524 g/mol. The van der Waals surface area contributed by atoms with Gasteiger partial charge in [-0.05, 0) is 68.7 Å². The van der Waals surface area contributed by atoms with Crippen molar-refractivity contribution in [3.05, 3.63) is 72.8 Å². The van der Waals surface area contributed by atoms with Crippen LogP contribution in [0.4, 0.5) is 0 Å². The summed E-state index contributed by atoms with van der Waals surface area (Å²) in [6.45, 7) is 9.30. The number of carbonyl (C=O) groups is 2. The highest BCUT2D eigenvalue weighted by molar-refractivity contribution is 5.87. The molecule has 2 aromatic carbocycles. The monoisotopic (exact) mass is 568 g/mol. The molecule has 1 saturated carbocycles. The van der Waals surface area contributed by atoms with E-state index in [9.17, 15) is 9.59 Å². The molecule has 0 radical (unpaired) electrons. The summed E-state index contributed by atoms with van der Waals surface area (Å²) < 4.78 is 34.6. The lowest BCUT2D eigenvalue weighted by molar-refractivity contribution is -0.154. The maximum absolute atomic E-state index is 12.1. The number of carbonyl (C=O) groups excluding carboxylic acids is 2. The smallest absolute Gasteiger partial charge is 0.333 e. The van der Waals surface area contributed by atoms with Crippen LogP contribution in [0.3, 0.4) is 0 Å². The highest BCUT2D eigenvalue weighted by Crippen LogP contribution is 2.29. The molecule has 1 aliphatic carbocycles. The van der Waals surface area contributed by atoms with E-state index in [4.69, 9.17) is 28.4 Å². The van der Waals surface area contributed by atoms with E-state index >= 15 is 0 Å². The van der Waals surface area contributed by atoms with E-state index in [1.807, 2.05) is 60.7 Å². The minimum Gasteiger partial charge on any atom is -0.490 e. The van der Waals surface area contributed by atoms with Crippen molar-refractivity contribution in [1.82, 2.24) is 0 Å². The number of hydrogen-bond acceptors (Lipinski definition) is 8. The third-order valence-corrected chi connectivity index (χ3v) is 6.85. The molecule has 224 valence electrons. The van der Waals surface area contributed by atoms with Gasteiger partial charge in [0, 0.05) is 25.2 Å². The molecular formula is C33H44O8. The number of esters is 2. The summed E-state index contributed by atoms with van der Waals surface area (Å²) in [4.78, 5) is 24.0. The summed E-state index contributed by atoms with van der Waals surface area (Å²) in [6.07, 6.45) is 3.49. The van der Waals surface area contributed by atoms with Crippen molar-refractivity contribution in [2.75, 3.05) is 39.6 Å². The summed E-state index contributed by atoms with van der Waals surface area (Å²) in [5.74, 6) is 1.62. The Bertz CT molecular complexity index is 1030. The highest BCUT2D eigenvalue weighted by atomic mass is 16.6. The van der Waals surface area contributed by atoms with Crippen LogP contribution in [-0.2, 0) is 28.5 Å². The molecule has 0 aromatic heterocycles. The summed E-state index contributed by atoms with van der Waals surface area (Å²) in [5.41, 5.74) is 0.341. The maximum Gasteiger partial charge on any atom is 0.333 e. The van der Waals surface area contributed by atoms with Crippen LogP contribution in [0.15, 0.2) is 72.8 Å². The number of ether oxygens (including phenoxy) is 6. The first-order valence-electron chi connectivity index (χ1n) is 14.5. The molecule has 0 N–H and O–H groups in total. The molecule has 8 nitrogen and oxygen atoms in total. The second-order valence-electron chi connectivity index (χ2n) is 10.5. The lowest BCUT2D eigenvalue weighted by Gasteiger charge is -2.29. The third-order valence-electron chi connectivity index (χ3n) is 6.85. The van der Waals surface area contributed by atoms with Crippen molar-refractivity contribution in [2.24, 2.45) is 11.8 Å². The topological polar surface area (TPSA) is 89.5 Å². The van der Waals surface area contributed by atoms with E-state index in [1.54, 1.807) is 13.8 Å². The van der Waals surface area contributed by atoms with Crippen LogP contribution in [-0.4, -0.2) is 63.8 Å². The molecule has 2 unspecified atom stereocenters. The van der Waals surface area contributed by atoms with Gasteiger partial charge in [0.2, 0.25) is 0 Å². The largest absolute Gasteiger partial charge is 0.490 e.